The summed E-state index contributed by atoms with van der Waals surface area (Å²) in [6, 6.07) is 11.3. The highest BCUT2D eigenvalue weighted by Gasteiger charge is 2.16. The fraction of sp³-hybridized carbons (Fsp3) is 0.333. The van der Waals surface area contributed by atoms with Crippen LogP contribution in [0.25, 0.3) is 0 Å². The molecule has 0 saturated carbocycles. The maximum Gasteiger partial charge on any atom is 0.253 e. The monoisotopic (exact) mass is 544 g/mol. The summed E-state index contributed by atoms with van der Waals surface area (Å²) in [5, 5.41) is 7.05. The van der Waals surface area contributed by atoms with E-state index >= 15 is 0 Å². The number of amides is 1. The molecule has 9 heteroatoms. The number of rotatable bonds is 5. The van der Waals surface area contributed by atoms with Gasteiger partial charge in [-0.1, -0.05) is 23.7 Å². The Morgan fingerprint density at radius 3 is 2.33 bits per heavy atom. The molecule has 0 saturated heterocycles. The van der Waals surface area contributed by atoms with Crippen LogP contribution >= 0.6 is 35.6 Å². The van der Waals surface area contributed by atoms with Gasteiger partial charge in [-0.2, -0.15) is 0 Å². The lowest BCUT2D eigenvalue weighted by molar-refractivity contribution is 0.0827. The van der Waals surface area contributed by atoms with Gasteiger partial charge in [-0.05, 0) is 35.4 Å². The van der Waals surface area contributed by atoms with Gasteiger partial charge in [0.05, 0.1) is 5.02 Å². The number of carbonyl (C=O) groups excluding carboxylic acids is 1. The molecular weight excluding hydrogens is 519 g/mol. The van der Waals surface area contributed by atoms with Crippen molar-refractivity contribution in [3.63, 3.8) is 0 Å². The standard InChI is InChI=1S/C21H25ClN4O3.HI/c1-23-21(24-12-14-4-6-16(7-5-14)20(27)26(2)3)25-13-15-10-17(22)19-18(11-15)28-8-9-29-19;/h4-7,10-11H,8-9,12-13H2,1-3H3,(H2,23,24,25);1H. The second-order valence-corrected chi connectivity index (χ2v) is 7.18. The SMILES string of the molecule is CN=C(NCc1ccc(C(=O)N(C)C)cc1)NCc1cc(Cl)c2c(c1)OCCO2.I. The van der Waals surface area contributed by atoms with E-state index in [4.69, 9.17) is 21.1 Å². The minimum Gasteiger partial charge on any atom is -0.486 e. The summed E-state index contributed by atoms with van der Waals surface area (Å²) >= 11 is 6.29. The van der Waals surface area contributed by atoms with Gasteiger partial charge in [0.25, 0.3) is 5.91 Å². The van der Waals surface area contributed by atoms with Crippen LogP contribution < -0.4 is 20.1 Å². The zero-order chi connectivity index (χ0) is 20.8. The number of carbonyl (C=O) groups is 1. The molecule has 0 spiro atoms. The second-order valence-electron chi connectivity index (χ2n) is 6.78. The van der Waals surface area contributed by atoms with E-state index in [1.165, 1.54) is 0 Å². The summed E-state index contributed by atoms with van der Waals surface area (Å²) < 4.78 is 11.2. The average molecular weight is 545 g/mol. The Hall–Kier alpha value is -2.20. The Labute approximate surface area is 198 Å². The topological polar surface area (TPSA) is 75.2 Å². The van der Waals surface area contributed by atoms with Crippen LogP contribution in [0.5, 0.6) is 11.5 Å². The molecule has 162 valence electrons. The molecule has 0 bridgehead atoms. The molecule has 0 atom stereocenters. The number of ether oxygens (including phenoxy) is 2. The van der Waals surface area contributed by atoms with Crippen molar-refractivity contribution in [3.8, 4) is 11.5 Å². The van der Waals surface area contributed by atoms with Crippen molar-refractivity contribution in [2.45, 2.75) is 13.1 Å². The molecule has 30 heavy (non-hydrogen) atoms. The number of hydrogen-bond donors (Lipinski definition) is 2. The zero-order valence-corrected chi connectivity index (χ0v) is 20.3. The molecule has 1 aliphatic rings. The molecular formula is C21H26ClIN4O3. The Balaban J connectivity index is 0.00000320. The molecule has 0 aromatic heterocycles. The molecule has 2 aromatic carbocycles. The van der Waals surface area contributed by atoms with Gasteiger partial charge in [0, 0.05) is 39.8 Å². The number of aliphatic imine (C=N–C) groups is 1. The van der Waals surface area contributed by atoms with Crippen LogP contribution in [0.15, 0.2) is 41.4 Å². The average Bonchev–Trinajstić information content (AvgIpc) is 2.73. The molecule has 0 radical (unpaired) electrons. The molecule has 1 amide bonds. The Morgan fingerprint density at radius 1 is 1.07 bits per heavy atom. The first kappa shape index (κ1) is 24.1. The lowest BCUT2D eigenvalue weighted by atomic mass is 10.1. The first-order valence-electron chi connectivity index (χ1n) is 9.31. The van der Waals surface area contributed by atoms with Crippen LogP contribution in [0.3, 0.4) is 0 Å². The van der Waals surface area contributed by atoms with Crippen molar-refractivity contribution >= 4 is 47.4 Å². The van der Waals surface area contributed by atoms with Gasteiger partial charge < -0.3 is 25.0 Å². The van der Waals surface area contributed by atoms with Crippen LogP contribution in [-0.2, 0) is 13.1 Å². The summed E-state index contributed by atoms with van der Waals surface area (Å²) in [7, 11) is 5.19. The van der Waals surface area contributed by atoms with E-state index in [9.17, 15) is 4.79 Å². The molecule has 0 unspecified atom stereocenters. The van der Waals surface area contributed by atoms with Crippen molar-refractivity contribution < 1.29 is 14.3 Å². The first-order chi connectivity index (χ1) is 14.0. The van der Waals surface area contributed by atoms with E-state index in [0.29, 0.717) is 54.3 Å². The highest BCUT2D eigenvalue weighted by atomic mass is 127. The van der Waals surface area contributed by atoms with Crippen LogP contribution in [-0.4, -0.2) is 51.1 Å². The van der Waals surface area contributed by atoms with Crippen LogP contribution in [0.1, 0.15) is 21.5 Å². The van der Waals surface area contributed by atoms with Gasteiger partial charge in [0.15, 0.2) is 17.5 Å². The summed E-state index contributed by atoms with van der Waals surface area (Å²) in [6.45, 7) is 2.14. The summed E-state index contributed by atoms with van der Waals surface area (Å²) in [6.07, 6.45) is 0. The van der Waals surface area contributed by atoms with E-state index in [1.807, 2.05) is 36.4 Å². The van der Waals surface area contributed by atoms with Crippen molar-refractivity contribution in [2.24, 2.45) is 4.99 Å². The number of halogens is 2. The molecule has 2 N–H and O–H groups in total. The van der Waals surface area contributed by atoms with Gasteiger partial charge in [-0.3, -0.25) is 9.79 Å². The lowest BCUT2D eigenvalue weighted by Gasteiger charge is -2.20. The van der Waals surface area contributed by atoms with Gasteiger partial charge in [0.1, 0.15) is 13.2 Å². The van der Waals surface area contributed by atoms with E-state index < -0.39 is 0 Å². The molecule has 1 heterocycles. The largest absolute Gasteiger partial charge is 0.486 e. The maximum absolute atomic E-state index is 12.0. The molecule has 3 rings (SSSR count). The smallest absolute Gasteiger partial charge is 0.253 e. The minimum absolute atomic E-state index is 0. The summed E-state index contributed by atoms with van der Waals surface area (Å²) in [5.74, 6) is 1.90. The van der Waals surface area contributed by atoms with Crippen molar-refractivity contribution in [1.82, 2.24) is 15.5 Å². The van der Waals surface area contributed by atoms with Crippen molar-refractivity contribution in [3.05, 3.63) is 58.1 Å². The summed E-state index contributed by atoms with van der Waals surface area (Å²) in [4.78, 5) is 17.8. The predicted molar refractivity (Wildman–Crippen MR) is 129 cm³/mol. The van der Waals surface area contributed by atoms with Crippen LogP contribution in [0.2, 0.25) is 5.02 Å². The molecule has 7 nitrogen and oxygen atoms in total. The van der Waals surface area contributed by atoms with E-state index in [0.717, 1.165) is 11.1 Å². The predicted octanol–water partition coefficient (Wildman–Crippen LogP) is 3.30. The van der Waals surface area contributed by atoms with Gasteiger partial charge >= 0.3 is 0 Å². The fourth-order valence-electron chi connectivity index (χ4n) is 2.88. The minimum atomic E-state index is -0.0138. The third-order valence-corrected chi connectivity index (χ3v) is 4.69. The second kappa shape index (κ2) is 11.3. The van der Waals surface area contributed by atoms with Crippen molar-refractivity contribution in [2.75, 3.05) is 34.4 Å². The molecule has 0 aliphatic carbocycles. The van der Waals surface area contributed by atoms with E-state index in [2.05, 4.69) is 15.6 Å². The van der Waals surface area contributed by atoms with E-state index in [-0.39, 0.29) is 29.9 Å². The number of fused-ring (bicyclic) bond motifs is 1. The number of hydrogen-bond acceptors (Lipinski definition) is 4. The molecule has 1 aliphatic heterocycles. The number of benzene rings is 2. The van der Waals surface area contributed by atoms with Crippen LogP contribution in [0, 0.1) is 0 Å². The Morgan fingerprint density at radius 2 is 1.70 bits per heavy atom. The third kappa shape index (κ3) is 6.15. The lowest BCUT2D eigenvalue weighted by Crippen LogP contribution is -2.36. The highest BCUT2D eigenvalue weighted by molar-refractivity contribution is 14.0. The van der Waals surface area contributed by atoms with E-state index in [1.54, 1.807) is 26.0 Å². The summed E-state index contributed by atoms with van der Waals surface area (Å²) in [5.41, 5.74) is 2.68. The number of nitrogens with zero attached hydrogens (tertiary/aromatic N) is 2. The first-order valence-corrected chi connectivity index (χ1v) is 9.69. The Bertz CT molecular complexity index is 904. The van der Waals surface area contributed by atoms with Gasteiger partial charge in [0.2, 0.25) is 0 Å². The third-order valence-electron chi connectivity index (χ3n) is 4.41. The molecule has 2 aromatic rings. The van der Waals surface area contributed by atoms with Crippen LogP contribution in [0.4, 0.5) is 0 Å². The molecule has 0 fully saturated rings. The zero-order valence-electron chi connectivity index (χ0n) is 17.2. The normalized spacial score (nSPS) is 12.6. The fourth-order valence-corrected chi connectivity index (χ4v) is 3.17. The van der Waals surface area contributed by atoms with Gasteiger partial charge in [-0.25, -0.2) is 0 Å². The maximum atomic E-state index is 12.0. The Kier molecular flexibility index (Phi) is 9.04. The highest BCUT2D eigenvalue weighted by Crippen LogP contribution is 2.38. The number of nitrogens with one attached hydrogen (secondary N) is 2. The van der Waals surface area contributed by atoms with Crippen molar-refractivity contribution in [1.29, 1.82) is 0 Å². The number of guanidine groups is 1. The van der Waals surface area contributed by atoms with Gasteiger partial charge in [-0.15, -0.1) is 24.0 Å². The quantitative estimate of drug-likeness (QED) is 0.343.